The minimum absolute atomic E-state index is 0.424. The average molecular weight is 332 g/mol. The van der Waals surface area contributed by atoms with Crippen LogP contribution in [0.2, 0.25) is 0 Å². The van der Waals surface area contributed by atoms with E-state index in [1.807, 2.05) is 23.5 Å². The molecule has 3 atom stereocenters. The van der Waals surface area contributed by atoms with Gasteiger partial charge in [0, 0.05) is 44.1 Å². The highest BCUT2D eigenvalue weighted by molar-refractivity contribution is 5.71. The SMILES string of the molecule is CC1CN(c2nccn3c(N4CCCC(F)C4)ncc23)CC(C)N1. The van der Waals surface area contributed by atoms with Gasteiger partial charge in [0.1, 0.15) is 11.7 Å². The molecule has 24 heavy (non-hydrogen) atoms. The second-order valence-corrected chi connectivity index (χ2v) is 7.12. The number of fused-ring (bicyclic) bond motifs is 1. The smallest absolute Gasteiger partial charge is 0.210 e. The van der Waals surface area contributed by atoms with Gasteiger partial charge in [0.15, 0.2) is 5.82 Å². The van der Waals surface area contributed by atoms with Crippen molar-refractivity contribution in [1.82, 2.24) is 19.7 Å². The standard InChI is InChI=1S/C17H25FN6/c1-12-9-23(10-13(2)21-12)16-15-8-20-17(24(15)7-5-19-16)22-6-3-4-14(18)11-22/h5,7-8,12-14,21H,3-4,6,9-11H2,1-2H3. The molecule has 4 heterocycles. The molecule has 2 aliphatic rings. The molecule has 2 saturated heterocycles. The summed E-state index contributed by atoms with van der Waals surface area (Å²) in [5.41, 5.74) is 0.995. The maximum Gasteiger partial charge on any atom is 0.210 e. The van der Waals surface area contributed by atoms with Crippen molar-refractivity contribution in [1.29, 1.82) is 0 Å². The Morgan fingerprint density at radius 3 is 2.67 bits per heavy atom. The summed E-state index contributed by atoms with van der Waals surface area (Å²) in [4.78, 5) is 13.6. The molecule has 4 rings (SSSR count). The largest absolute Gasteiger partial charge is 0.352 e. The molecule has 0 aromatic carbocycles. The third-order valence-corrected chi connectivity index (χ3v) is 4.92. The van der Waals surface area contributed by atoms with Gasteiger partial charge in [-0.1, -0.05) is 0 Å². The first-order valence-electron chi connectivity index (χ1n) is 8.84. The molecule has 2 aromatic rings. The lowest BCUT2D eigenvalue weighted by molar-refractivity contribution is 0.285. The van der Waals surface area contributed by atoms with Gasteiger partial charge in [-0.3, -0.25) is 4.40 Å². The summed E-state index contributed by atoms with van der Waals surface area (Å²) in [6.07, 6.45) is 6.39. The van der Waals surface area contributed by atoms with Crippen LogP contribution >= 0.6 is 0 Å². The summed E-state index contributed by atoms with van der Waals surface area (Å²) >= 11 is 0. The molecule has 2 fully saturated rings. The van der Waals surface area contributed by atoms with Crippen molar-refractivity contribution < 1.29 is 4.39 Å². The van der Waals surface area contributed by atoms with E-state index >= 15 is 0 Å². The molecular weight excluding hydrogens is 307 g/mol. The predicted octanol–water partition coefficient (Wildman–Crippen LogP) is 1.85. The van der Waals surface area contributed by atoms with Crippen LogP contribution in [0, 0.1) is 0 Å². The number of anilines is 2. The number of hydrogen-bond donors (Lipinski definition) is 1. The lowest BCUT2D eigenvalue weighted by Crippen LogP contribution is -2.54. The molecule has 2 aliphatic heterocycles. The zero-order valence-electron chi connectivity index (χ0n) is 14.3. The maximum atomic E-state index is 13.8. The van der Waals surface area contributed by atoms with Crippen LogP contribution < -0.4 is 15.1 Å². The second-order valence-electron chi connectivity index (χ2n) is 7.12. The topological polar surface area (TPSA) is 48.7 Å². The van der Waals surface area contributed by atoms with Crippen LogP contribution in [-0.2, 0) is 0 Å². The van der Waals surface area contributed by atoms with Crippen LogP contribution in [0.1, 0.15) is 26.7 Å². The lowest BCUT2D eigenvalue weighted by Gasteiger charge is -2.37. The summed E-state index contributed by atoms with van der Waals surface area (Å²) in [5, 5.41) is 3.55. The van der Waals surface area contributed by atoms with Crippen LogP contribution in [-0.4, -0.2) is 58.8 Å². The molecule has 0 saturated carbocycles. The molecule has 130 valence electrons. The normalized spacial score (nSPS) is 28.5. The third-order valence-electron chi connectivity index (χ3n) is 4.92. The molecule has 3 unspecified atom stereocenters. The molecule has 1 N–H and O–H groups in total. The number of rotatable bonds is 2. The highest BCUT2D eigenvalue weighted by atomic mass is 19.1. The van der Waals surface area contributed by atoms with E-state index in [1.165, 1.54) is 0 Å². The number of nitrogens with zero attached hydrogens (tertiary/aromatic N) is 5. The van der Waals surface area contributed by atoms with E-state index in [1.54, 1.807) is 0 Å². The van der Waals surface area contributed by atoms with Gasteiger partial charge in [-0.2, -0.15) is 0 Å². The van der Waals surface area contributed by atoms with Gasteiger partial charge in [0.25, 0.3) is 0 Å². The van der Waals surface area contributed by atoms with Crippen LogP contribution in [0.15, 0.2) is 18.6 Å². The van der Waals surface area contributed by atoms with Crippen molar-refractivity contribution in [2.45, 2.75) is 44.9 Å². The number of halogens is 1. The fraction of sp³-hybridized carbons (Fsp3) is 0.647. The van der Waals surface area contributed by atoms with Crippen molar-refractivity contribution in [3.8, 4) is 0 Å². The summed E-state index contributed by atoms with van der Waals surface area (Å²) in [5.74, 6) is 1.79. The van der Waals surface area contributed by atoms with Gasteiger partial charge in [-0.25, -0.2) is 14.4 Å². The second kappa shape index (κ2) is 6.20. The quantitative estimate of drug-likeness (QED) is 0.910. The zero-order valence-corrected chi connectivity index (χ0v) is 14.3. The average Bonchev–Trinajstić information content (AvgIpc) is 2.98. The van der Waals surface area contributed by atoms with Gasteiger partial charge in [-0.05, 0) is 26.7 Å². The van der Waals surface area contributed by atoms with E-state index in [-0.39, 0.29) is 0 Å². The number of aromatic nitrogens is 3. The maximum absolute atomic E-state index is 13.8. The Morgan fingerprint density at radius 1 is 1.12 bits per heavy atom. The molecule has 0 aliphatic carbocycles. The van der Waals surface area contributed by atoms with E-state index in [2.05, 4.69) is 38.4 Å². The van der Waals surface area contributed by atoms with Crippen LogP contribution in [0.5, 0.6) is 0 Å². The fourth-order valence-corrected chi connectivity index (χ4v) is 3.98. The Bertz CT molecular complexity index is 706. The summed E-state index contributed by atoms with van der Waals surface area (Å²) in [7, 11) is 0. The van der Waals surface area contributed by atoms with E-state index in [9.17, 15) is 4.39 Å². The third kappa shape index (κ3) is 2.81. The van der Waals surface area contributed by atoms with Crippen molar-refractivity contribution >= 4 is 17.3 Å². The van der Waals surface area contributed by atoms with Gasteiger partial charge >= 0.3 is 0 Å². The highest BCUT2D eigenvalue weighted by Gasteiger charge is 2.26. The number of alkyl halides is 1. The van der Waals surface area contributed by atoms with E-state index in [0.29, 0.717) is 25.0 Å². The fourth-order valence-electron chi connectivity index (χ4n) is 3.98. The van der Waals surface area contributed by atoms with E-state index < -0.39 is 6.17 Å². The molecule has 6 nitrogen and oxygen atoms in total. The summed E-state index contributed by atoms with van der Waals surface area (Å²) < 4.78 is 15.8. The Labute approximate surface area is 141 Å². The molecule has 0 bridgehead atoms. The van der Waals surface area contributed by atoms with Crippen LogP contribution in [0.25, 0.3) is 5.52 Å². The van der Waals surface area contributed by atoms with Crippen molar-refractivity contribution in [3.63, 3.8) is 0 Å². The van der Waals surface area contributed by atoms with Gasteiger partial charge in [0.05, 0.1) is 12.7 Å². The van der Waals surface area contributed by atoms with Crippen LogP contribution in [0.4, 0.5) is 16.2 Å². The number of imidazole rings is 1. The Balaban J connectivity index is 1.69. The number of piperazine rings is 1. The first kappa shape index (κ1) is 15.6. The minimum Gasteiger partial charge on any atom is -0.352 e. The predicted molar refractivity (Wildman–Crippen MR) is 93.6 cm³/mol. The summed E-state index contributed by atoms with van der Waals surface area (Å²) in [6.45, 7) is 7.53. The zero-order chi connectivity index (χ0) is 16.7. The Kier molecular flexibility index (Phi) is 4.04. The Morgan fingerprint density at radius 2 is 1.92 bits per heavy atom. The van der Waals surface area contributed by atoms with Crippen molar-refractivity contribution in [2.75, 3.05) is 36.0 Å². The minimum atomic E-state index is -0.762. The first-order valence-corrected chi connectivity index (χ1v) is 8.84. The molecular formula is C17H25FN6. The van der Waals surface area contributed by atoms with Gasteiger partial charge in [0.2, 0.25) is 5.95 Å². The van der Waals surface area contributed by atoms with E-state index in [0.717, 1.165) is 43.3 Å². The van der Waals surface area contributed by atoms with Crippen molar-refractivity contribution in [2.24, 2.45) is 0 Å². The van der Waals surface area contributed by atoms with Crippen LogP contribution in [0.3, 0.4) is 0 Å². The molecule has 7 heteroatoms. The molecule has 0 amide bonds. The number of piperidine rings is 1. The number of nitrogens with one attached hydrogen (secondary N) is 1. The van der Waals surface area contributed by atoms with Gasteiger partial charge < -0.3 is 15.1 Å². The molecule has 0 spiro atoms. The highest BCUT2D eigenvalue weighted by Crippen LogP contribution is 2.27. The first-order chi connectivity index (χ1) is 11.6. The molecule has 2 aromatic heterocycles. The Hall–Kier alpha value is -1.89. The number of hydrogen-bond acceptors (Lipinski definition) is 5. The summed E-state index contributed by atoms with van der Waals surface area (Å²) in [6, 6.07) is 0.847. The lowest BCUT2D eigenvalue weighted by atomic mass is 10.1. The van der Waals surface area contributed by atoms with E-state index in [4.69, 9.17) is 0 Å². The molecule has 0 radical (unpaired) electrons. The van der Waals surface area contributed by atoms with Crippen molar-refractivity contribution in [3.05, 3.63) is 18.6 Å². The monoisotopic (exact) mass is 332 g/mol. The van der Waals surface area contributed by atoms with Gasteiger partial charge in [-0.15, -0.1) is 0 Å².